The number of hydrogen-bond donors (Lipinski definition) is 1. The minimum Gasteiger partial charge on any atom is -0.452 e. The van der Waals surface area contributed by atoms with Gasteiger partial charge in [0, 0.05) is 19.2 Å². The van der Waals surface area contributed by atoms with Gasteiger partial charge in [-0.2, -0.15) is 4.31 Å². The number of nitro groups is 1. The fourth-order valence-corrected chi connectivity index (χ4v) is 5.05. The highest BCUT2D eigenvalue weighted by atomic mass is 35.5. The van der Waals surface area contributed by atoms with E-state index in [1.54, 1.807) is 0 Å². The van der Waals surface area contributed by atoms with Gasteiger partial charge in [0.2, 0.25) is 10.0 Å². The Hall–Kier alpha value is -3.02. The van der Waals surface area contributed by atoms with Crippen LogP contribution < -0.4 is 5.32 Å². The number of nitro benzene ring substituents is 1. The molecule has 3 rings (SSSR count). The van der Waals surface area contributed by atoms with Crippen LogP contribution in [0.5, 0.6) is 0 Å². The number of nitrogens with one attached hydrogen (secondary N) is 1. The summed E-state index contributed by atoms with van der Waals surface area (Å²) in [7, 11) is -3.86. The first kappa shape index (κ1) is 22.7. The van der Waals surface area contributed by atoms with Crippen molar-refractivity contribution >= 4 is 44.9 Å². The van der Waals surface area contributed by atoms with Crippen LogP contribution in [0.25, 0.3) is 0 Å². The lowest BCUT2D eigenvalue weighted by Gasteiger charge is -2.17. The zero-order valence-corrected chi connectivity index (χ0v) is 17.7. The van der Waals surface area contributed by atoms with Crippen molar-refractivity contribution in [1.29, 1.82) is 0 Å². The first-order valence-corrected chi connectivity index (χ1v) is 11.0. The number of para-hydroxylation sites is 2. The molecular formula is C19H18ClN3O7S. The van der Waals surface area contributed by atoms with Gasteiger partial charge in [-0.05, 0) is 37.1 Å². The lowest BCUT2D eigenvalue weighted by molar-refractivity contribution is -0.383. The van der Waals surface area contributed by atoms with Crippen molar-refractivity contribution in [2.45, 2.75) is 17.7 Å². The largest absolute Gasteiger partial charge is 0.452 e. The van der Waals surface area contributed by atoms with E-state index in [4.69, 9.17) is 16.3 Å². The number of rotatable bonds is 7. The summed E-state index contributed by atoms with van der Waals surface area (Å²) < 4.78 is 31.7. The normalized spacial score (nSPS) is 14.2. The van der Waals surface area contributed by atoms with Gasteiger partial charge in [-0.3, -0.25) is 14.9 Å². The number of carbonyl (C=O) groups excluding carboxylic acids is 2. The first-order valence-electron chi connectivity index (χ1n) is 9.20. The van der Waals surface area contributed by atoms with Gasteiger partial charge >= 0.3 is 5.97 Å². The Balaban J connectivity index is 1.69. The predicted molar refractivity (Wildman–Crippen MR) is 111 cm³/mol. The summed E-state index contributed by atoms with van der Waals surface area (Å²) in [6, 6.07) is 9.18. The second kappa shape index (κ2) is 9.41. The van der Waals surface area contributed by atoms with Crippen molar-refractivity contribution in [3.63, 3.8) is 0 Å². The fraction of sp³-hybridized carbons (Fsp3) is 0.263. The zero-order valence-electron chi connectivity index (χ0n) is 16.1. The summed E-state index contributed by atoms with van der Waals surface area (Å²) in [5.74, 6) is -1.73. The average molecular weight is 468 g/mol. The number of carbonyl (C=O) groups is 2. The standard InChI is InChI=1S/C19H18ClN3O7S/c20-14-8-7-13(11-17(14)31(28,29)22-9-3-4-10-22)19(25)30-12-18(24)21-15-5-1-2-6-16(15)23(26)27/h1-2,5-8,11H,3-4,9-10,12H2,(H,21,24). The molecule has 2 aromatic carbocycles. The maximum atomic E-state index is 12.8. The Morgan fingerprint density at radius 2 is 1.84 bits per heavy atom. The van der Waals surface area contributed by atoms with Crippen molar-refractivity contribution in [2.75, 3.05) is 25.0 Å². The zero-order chi connectivity index (χ0) is 22.6. The summed E-state index contributed by atoms with van der Waals surface area (Å²) in [6.07, 6.45) is 1.49. The second-order valence-corrected chi connectivity index (χ2v) is 8.97. The molecule has 1 amide bonds. The number of halogens is 1. The van der Waals surface area contributed by atoms with E-state index in [1.165, 1.54) is 40.7 Å². The van der Waals surface area contributed by atoms with Gasteiger partial charge in [0.1, 0.15) is 10.6 Å². The molecule has 1 aliphatic rings. The van der Waals surface area contributed by atoms with Crippen molar-refractivity contribution < 1.29 is 27.7 Å². The van der Waals surface area contributed by atoms with E-state index in [9.17, 15) is 28.1 Å². The van der Waals surface area contributed by atoms with Crippen LogP contribution in [0.15, 0.2) is 47.4 Å². The summed E-state index contributed by atoms with van der Waals surface area (Å²) in [5, 5.41) is 13.3. The molecule has 1 fully saturated rings. The summed E-state index contributed by atoms with van der Waals surface area (Å²) >= 11 is 6.04. The molecule has 12 heteroatoms. The fourth-order valence-electron chi connectivity index (χ4n) is 3.03. The number of amides is 1. The third kappa shape index (κ3) is 5.19. The van der Waals surface area contributed by atoms with Crippen molar-refractivity contribution in [3.8, 4) is 0 Å². The minimum absolute atomic E-state index is 0.0300. The maximum absolute atomic E-state index is 12.8. The Bertz CT molecular complexity index is 1130. The predicted octanol–water partition coefficient (Wildman–Crippen LogP) is 2.83. The minimum atomic E-state index is -3.86. The number of benzene rings is 2. The van der Waals surface area contributed by atoms with Crippen molar-refractivity contribution in [3.05, 3.63) is 63.2 Å². The van der Waals surface area contributed by atoms with Crippen LogP contribution in [-0.2, 0) is 19.6 Å². The molecule has 0 spiro atoms. The van der Waals surface area contributed by atoms with Gasteiger partial charge in [0.15, 0.2) is 6.61 Å². The Morgan fingerprint density at radius 3 is 2.52 bits per heavy atom. The Kier molecular flexibility index (Phi) is 6.88. The van der Waals surface area contributed by atoms with E-state index in [0.29, 0.717) is 13.1 Å². The number of esters is 1. The van der Waals surface area contributed by atoms with Gasteiger partial charge in [0.25, 0.3) is 11.6 Å². The smallest absolute Gasteiger partial charge is 0.338 e. The van der Waals surface area contributed by atoms with Crippen LogP contribution in [0.4, 0.5) is 11.4 Å². The topological polar surface area (TPSA) is 136 Å². The highest BCUT2D eigenvalue weighted by Crippen LogP contribution is 2.28. The number of anilines is 1. The van der Waals surface area contributed by atoms with E-state index < -0.39 is 33.4 Å². The van der Waals surface area contributed by atoms with Crippen LogP contribution in [0, 0.1) is 10.1 Å². The summed E-state index contributed by atoms with van der Waals surface area (Å²) in [4.78, 5) is 34.5. The van der Waals surface area contributed by atoms with E-state index >= 15 is 0 Å². The van der Waals surface area contributed by atoms with E-state index in [-0.39, 0.29) is 26.9 Å². The highest BCUT2D eigenvalue weighted by molar-refractivity contribution is 7.89. The molecule has 1 N–H and O–H groups in total. The third-order valence-corrected chi connectivity index (χ3v) is 6.94. The van der Waals surface area contributed by atoms with Gasteiger partial charge in [-0.25, -0.2) is 13.2 Å². The van der Waals surface area contributed by atoms with Crippen molar-refractivity contribution in [1.82, 2.24) is 4.31 Å². The quantitative estimate of drug-likeness (QED) is 0.375. The Labute approximate surface area is 183 Å². The van der Waals surface area contributed by atoms with Crippen LogP contribution in [-0.4, -0.2) is 49.2 Å². The molecule has 0 aromatic heterocycles. The van der Waals surface area contributed by atoms with Gasteiger partial charge in [0.05, 0.1) is 15.5 Å². The van der Waals surface area contributed by atoms with E-state index in [2.05, 4.69) is 5.32 Å². The van der Waals surface area contributed by atoms with Crippen molar-refractivity contribution in [2.24, 2.45) is 0 Å². The lowest BCUT2D eigenvalue weighted by Crippen LogP contribution is -2.28. The molecule has 0 saturated carbocycles. The molecule has 1 aliphatic heterocycles. The lowest BCUT2D eigenvalue weighted by atomic mass is 10.2. The molecule has 2 aromatic rings. The molecule has 0 unspecified atom stereocenters. The maximum Gasteiger partial charge on any atom is 0.338 e. The molecule has 31 heavy (non-hydrogen) atoms. The first-order chi connectivity index (χ1) is 14.7. The third-order valence-electron chi connectivity index (χ3n) is 4.56. The van der Waals surface area contributed by atoms with Gasteiger partial charge < -0.3 is 10.1 Å². The molecule has 164 valence electrons. The molecule has 0 bridgehead atoms. The number of hydrogen-bond acceptors (Lipinski definition) is 7. The van der Waals surface area contributed by atoms with Crippen LogP contribution in [0.3, 0.4) is 0 Å². The summed E-state index contributed by atoms with van der Waals surface area (Å²) in [6.45, 7) is 0.0278. The van der Waals surface area contributed by atoms with Gasteiger partial charge in [-0.1, -0.05) is 23.7 Å². The SMILES string of the molecule is O=C(COC(=O)c1ccc(Cl)c(S(=O)(=O)N2CCCC2)c1)Nc1ccccc1[N+](=O)[O-]. The summed E-state index contributed by atoms with van der Waals surface area (Å²) in [5.41, 5.74) is -0.448. The number of nitrogens with zero attached hydrogens (tertiary/aromatic N) is 2. The van der Waals surface area contributed by atoms with Crippen LogP contribution >= 0.6 is 11.6 Å². The van der Waals surface area contributed by atoms with E-state index in [0.717, 1.165) is 18.9 Å². The monoisotopic (exact) mass is 467 g/mol. The molecular weight excluding hydrogens is 450 g/mol. The molecule has 0 atom stereocenters. The molecule has 1 saturated heterocycles. The number of ether oxygens (including phenoxy) is 1. The average Bonchev–Trinajstić information content (AvgIpc) is 3.28. The highest BCUT2D eigenvalue weighted by Gasteiger charge is 2.30. The van der Waals surface area contributed by atoms with Gasteiger partial charge in [-0.15, -0.1) is 0 Å². The molecule has 10 nitrogen and oxygen atoms in total. The molecule has 1 heterocycles. The van der Waals surface area contributed by atoms with E-state index in [1.807, 2.05) is 0 Å². The molecule has 0 radical (unpaired) electrons. The Morgan fingerprint density at radius 1 is 1.16 bits per heavy atom. The number of sulfonamides is 1. The second-order valence-electron chi connectivity index (χ2n) is 6.65. The molecule has 0 aliphatic carbocycles. The van der Waals surface area contributed by atoms with Crippen LogP contribution in [0.2, 0.25) is 5.02 Å². The van der Waals surface area contributed by atoms with Crippen LogP contribution in [0.1, 0.15) is 23.2 Å².